The van der Waals surface area contributed by atoms with Crippen molar-refractivity contribution in [1.29, 1.82) is 0 Å². The number of methoxy groups -OCH3 is 2. The molecule has 0 aromatic heterocycles. The van der Waals surface area contributed by atoms with Crippen LogP contribution in [0.3, 0.4) is 0 Å². The lowest BCUT2D eigenvalue weighted by atomic mass is 10.1. The lowest BCUT2D eigenvalue weighted by Crippen LogP contribution is -2.54. The summed E-state index contributed by atoms with van der Waals surface area (Å²) in [5, 5.41) is 6.35. The molecule has 0 spiro atoms. The van der Waals surface area contributed by atoms with Crippen molar-refractivity contribution < 1.29 is 19.0 Å². The summed E-state index contributed by atoms with van der Waals surface area (Å²) in [5.74, 6) is 0.859. The first-order valence-corrected chi connectivity index (χ1v) is 12.5. The van der Waals surface area contributed by atoms with Gasteiger partial charge in [-0.05, 0) is 49.7 Å². The number of nitrogens with one attached hydrogen (secondary N) is 2. The highest BCUT2D eigenvalue weighted by atomic mass is 16.5. The second-order valence-corrected chi connectivity index (χ2v) is 9.68. The Morgan fingerprint density at radius 1 is 1.22 bits per heavy atom. The van der Waals surface area contributed by atoms with E-state index in [1.165, 1.54) is 5.56 Å². The topological polar surface area (TPSA) is 87.7 Å². The quantitative estimate of drug-likeness (QED) is 0.613. The number of nitrogens with zero attached hydrogens (tertiary/aromatic N) is 3. The van der Waals surface area contributed by atoms with E-state index in [1.54, 1.807) is 14.2 Å². The minimum Gasteiger partial charge on any atom is -0.496 e. The fourth-order valence-corrected chi connectivity index (χ4v) is 5.28. The number of amides is 1. The Morgan fingerprint density at radius 3 is 2.94 bits per heavy atom. The summed E-state index contributed by atoms with van der Waals surface area (Å²) in [7, 11) is 5.52. The normalized spacial score (nSPS) is 22.9. The van der Waals surface area contributed by atoms with Gasteiger partial charge in [0.15, 0.2) is 0 Å². The number of anilines is 2. The van der Waals surface area contributed by atoms with Crippen LogP contribution >= 0.6 is 0 Å². The number of likely N-dealkylation sites (N-methyl/N-ethyl adjacent to an activating group) is 1. The zero-order chi connectivity index (χ0) is 25.1. The maximum atomic E-state index is 12.7. The van der Waals surface area contributed by atoms with Crippen molar-refractivity contribution >= 4 is 23.3 Å². The van der Waals surface area contributed by atoms with Gasteiger partial charge in [-0.1, -0.05) is 12.1 Å². The summed E-state index contributed by atoms with van der Waals surface area (Å²) in [6, 6.07) is 12.8. The molecule has 2 atom stereocenters. The fourth-order valence-electron chi connectivity index (χ4n) is 5.28. The first-order valence-electron chi connectivity index (χ1n) is 12.5. The molecule has 36 heavy (non-hydrogen) atoms. The lowest BCUT2D eigenvalue weighted by Gasteiger charge is -2.38. The summed E-state index contributed by atoms with van der Waals surface area (Å²) in [6.07, 6.45) is 1.91. The van der Waals surface area contributed by atoms with Crippen molar-refractivity contribution in [3.8, 4) is 5.75 Å². The van der Waals surface area contributed by atoms with Gasteiger partial charge >= 0.3 is 0 Å². The molecule has 0 saturated carbocycles. The van der Waals surface area contributed by atoms with Crippen molar-refractivity contribution in [3.63, 3.8) is 0 Å². The van der Waals surface area contributed by atoms with Crippen LogP contribution in [0.15, 0.2) is 41.4 Å². The number of amidine groups is 1. The van der Waals surface area contributed by atoms with Gasteiger partial charge in [0.05, 0.1) is 26.3 Å². The molecule has 2 aromatic rings. The monoisotopic (exact) mass is 493 g/mol. The number of carbonyl (C=O) groups excluding carboxylic acids is 1. The average molecular weight is 494 g/mol. The second-order valence-electron chi connectivity index (χ2n) is 9.68. The maximum absolute atomic E-state index is 12.7. The van der Waals surface area contributed by atoms with Gasteiger partial charge in [0.25, 0.3) is 6.02 Å². The van der Waals surface area contributed by atoms with Gasteiger partial charge in [-0.3, -0.25) is 14.6 Å². The molecule has 1 saturated heterocycles. The van der Waals surface area contributed by atoms with E-state index in [1.807, 2.05) is 30.3 Å². The Kier molecular flexibility index (Phi) is 7.41. The van der Waals surface area contributed by atoms with Crippen LogP contribution in [0, 0.1) is 0 Å². The van der Waals surface area contributed by atoms with Gasteiger partial charge in [0.2, 0.25) is 5.91 Å². The third-order valence-corrected chi connectivity index (χ3v) is 7.25. The minimum atomic E-state index is -0.0172. The third kappa shape index (κ3) is 5.33. The number of carbonyl (C=O) groups is 1. The second kappa shape index (κ2) is 10.9. The highest BCUT2D eigenvalue weighted by Crippen LogP contribution is 2.40. The maximum Gasteiger partial charge on any atom is 0.290 e. The molecule has 2 N–H and O–H groups in total. The molecule has 9 heteroatoms. The van der Waals surface area contributed by atoms with E-state index in [0.29, 0.717) is 31.8 Å². The van der Waals surface area contributed by atoms with Crippen LogP contribution in [-0.4, -0.2) is 81.8 Å². The van der Waals surface area contributed by atoms with E-state index < -0.39 is 0 Å². The zero-order valence-electron chi connectivity index (χ0n) is 21.3. The smallest absolute Gasteiger partial charge is 0.290 e. The fraction of sp³-hybridized carbons (Fsp3) is 0.481. The number of hydrogen-bond acceptors (Lipinski definition) is 7. The van der Waals surface area contributed by atoms with Gasteiger partial charge in [0.1, 0.15) is 12.4 Å². The highest BCUT2D eigenvalue weighted by Gasteiger charge is 2.28. The SMILES string of the molecule is COCC1CN(CC(=O)Nc2ccc3c(c2)COC(=NC2CCc4cccc(OC)c42)N3)CCN1C. The molecule has 2 aromatic carbocycles. The average Bonchev–Trinajstić information content (AvgIpc) is 3.29. The van der Waals surface area contributed by atoms with Gasteiger partial charge in [-0.15, -0.1) is 0 Å². The highest BCUT2D eigenvalue weighted by molar-refractivity contribution is 5.95. The van der Waals surface area contributed by atoms with Crippen LogP contribution in [0.1, 0.15) is 29.2 Å². The number of piperazine rings is 1. The van der Waals surface area contributed by atoms with Crippen molar-refractivity contribution in [3.05, 3.63) is 53.1 Å². The Morgan fingerprint density at radius 2 is 2.11 bits per heavy atom. The van der Waals surface area contributed by atoms with Crippen LogP contribution in [-0.2, 0) is 27.3 Å². The molecular weight excluding hydrogens is 458 g/mol. The molecule has 1 amide bonds. The Hall–Kier alpha value is -3.14. The summed E-state index contributed by atoms with van der Waals surface area (Å²) in [4.78, 5) is 22.0. The van der Waals surface area contributed by atoms with Gasteiger partial charge < -0.3 is 24.8 Å². The Bertz CT molecular complexity index is 1140. The molecular formula is C27H35N5O4. The molecule has 1 fully saturated rings. The molecule has 3 aliphatic rings. The van der Waals surface area contributed by atoms with E-state index in [2.05, 4.69) is 33.5 Å². The summed E-state index contributed by atoms with van der Waals surface area (Å²) < 4.78 is 16.8. The summed E-state index contributed by atoms with van der Waals surface area (Å²) >= 11 is 0. The standard InChI is InChI=1S/C27H35N5O4/c1-31-11-12-32(14-21(31)17-34-2)15-25(33)28-20-8-10-22-19(13-20)16-36-27(29-22)30-23-9-7-18-5-4-6-24(35-3)26(18)23/h4-6,8,10,13,21,23H,7,9,11-12,14-17H2,1-3H3,(H,28,33)(H,29,30). The van der Waals surface area contributed by atoms with Crippen LogP contribution in [0.4, 0.5) is 11.4 Å². The largest absolute Gasteiger partial charge is 0.496 e. The predicted octanol–water partition coefficient (Wildman–Crippen LogP) is 2.88. The number of fused-ring (bicyclic) bond motifs is 2. The van der Waals surface area contributed by atoms with Crippen LogP contribution in [0.25, 0.3) is 0 Å². The number of rotatable bonds is 7. The molecule has 9 nitrogen and oxygen atoms in total. The lowest BCUT2D eigenvalue weighted by molar-refractivity contribution is -0.118. The molecule has 2 unspecified atom stereocenters. The first kappa shape index (κ1) is 24.5. The van der Waals surface area contributed by atoms with E-state index in [0.717, 1.165) is 60.7 Å². The molecule has 2 heterocycles. The van der Waals surface area contributed by atoms with Crippen LogP contribution in [0.5, 0.6) is 5.75 Å². The number of aryl methyl sites for hydroxylation is 1. The molecule has 0 radical (unpaired) electrons. The molecule has 0 bridgehead atoms. The van der Waals surface area contributed by atoms with Crippen LogP contribution in [0.2, 0.25) is 0 Å². The first-order chi connectivity index (χ1) is 17.5. The number of benzene rings is 2. The predicted molar refractivity (Wildman–Crippen MR) is 140 cm³/mol. The van der Waals surface area contributed by atoms with Gasteiger partial charge in [-0.2, -0.15) is 0 Å². The van der Waals surface area contributed by atoms with E-state index in [-0.39, 0.29) is 11.9 Å². The molecule has 2 aliphatic heterocycles. The van der Waals surface area contributed by atoms with Gasteiger partial charge in [-0.25, -0.2) is 4.99 Å². The zero-order valence-corrected chi connectivity index (χ0v) is 21.3. The number of ether oxygens (including phenoxy) is 3. The number of hydrogen-bond donors (Lipinski definition) is 2. The molecule has 1 aliphatic carbocycles. The Balaban J connectivity index is 1.20. The summed E-state index contributed by atoms with van der Waals surface area (Å²) in [6.45, 7) is 4.03. The van der Waals surface area contributed by atoms with Crippen molar-refractivity contribution in [2.45, 2.75) is 31.5 Å². The van der Waals surface area contributed by atoms with Crippen molar-refractivity contribution in [1.82, 2.24) is 9.80 Å². The van der Waals surface area contributed by atoms with Crippen molar-refractivity contribution in [2.24, 2.45) is 4.99 Å². The number of aliphatic imine (C=N–C) groups is 1. The third-order valence-electron chi connectivity index (χ3n) is 7.25. The Labute approximate surface area is 212 Å². The van der Waals surface area contributed by atoms with Crippen LogP contribution < -0.4 is 15.4 Å². The molecule has 5 rings (SSSR count). The summed E-state index contributed by atoms with van der Waals surface area (Å²) in [5.41, 5.74) is 5.12. The van der Waals surface area contributed by atoms with E-state index in [9.17, 15) is 4.79 Å². The van der Waals surface area contributed by atoms with Crippen molar-refractivity contribution in [2.75, 3.05) is 64.7 Å². The molecule has 192 valence electrons. The minimum absolute atomic E-state index is 0.0109. The van der Waals surface area contributed by atoms with Gasteiger partial charge in [0, 0.05) is 55.3 Å². The van der Waals surface area contributed by atoms with E-state index >= 15 is 0 Å². The van der Waals surface area contributed by atoms with E-state index in [4.69, 9.17) is 19.2 Å².